The minimum atomic E-state index is -1.07. The average Bonchev–Trinajstić information content (AvgIpc) is 3.86. The van der Waals surface area contributed by atoms with E-state index in [9.17, 15) is 24.0 Å². The molecule has 0 bridgehead atoms. The highest BCUT2D eigenvalue weighted by atomic mass is 16.5. The Kier molecular flexibility index (Phi) is 8.32. The van der Waals surface area contributed by atoms with Gasteiger partial charge in [0.25, 0.3) is 5.56 Å². The van der Waals surface area contributed by atoms with E-state index in [0.717, 1.165) is 35.4 Å². The second-order valence-corrected chi connectivity index (χ2v) is 11.5. The summed E-state index contributed by atoms with van der Waals surface area (Å²) in [6.07, 6.45) is 2.40. The number of aromatic nitrogens is 7. The predicted molar refractivity (Wildman–Crippen MR) is 181 cm³/mol. The Morgan fingerprint density at radius 2 is 1.69 bits per heavy atom. The minimum absolute atomic E-state index is 0.0156. The van der Waals surface area contributed by atoms with Gasteiger partial charge < -0.3 is 15.0 Å². The number of hydrogen-bond donors (Lipinski definition) is 4. The van der Waals surface area contributed by atoms with Crippen molar-refractivity contribution in [1.82, 2.24) is 39.4 Å². The van der Waals surface area contributed by atoms with Gasteiger partial charge in [-0.1, -0.05) is 48.5 Å². The first-order valence-corrected chi connectivity index (χ1v) is 15.7. The molecule has 1 aliphatic heterocycles. The lowest BCUT2D eigenvalue weighted by Crippen LogP contribution is -2.42. The lowest BCUT2D eigenvalue weighted by molar-refractivity contribution is 0.0521. The maximum absolute atomic E-state index is 13.9. The third kappa shape index (κ3) is 6.09. The number of H-pyrrole nitrogens is 3. The standard InChI is InChI=1S/C34H31N9O6/c1-2-49-31(45)27-26-28(43(40-27)24-10-7-9-21(18-24)29-37-32(46)39-38-29)30(44)42(34(48)36-26)33(47)35-23-14-12-20(13-15-23)25-11-4-3-8-22(25)19-41-16-5-6-17-41/h3-4,7-15,18H,2,5-6,16-17,19H2,1H3,(H,35,47)(H,36,48)(H2,37,38,39,46). The number of ether oxygens (including phenoxy) is 1. The first-order chi connectivity index (χ1) is 23.8. The summed E-state index contributed by atoms with van der Waals surface area (Å²) in [6, 6.07) is 20.8. The lowest BCUT2D eigenvalue weighted by Gasteiger charge is -2.18. The molecular formula is C34H31N9O6. The van der Waals surface area contributed by atoms with E-state index < -0.39 is 28.9 Å². The molecule has 15 nitrogen and oxygen atoms in total. The molecule has 0 aliphatic carbocycles. The quantitative estimate of drug-likeness (QED) is 0.177. The zero-order valence-electron chi connectivity index (χ0n) is 26.4. The molecule has 3 aromatic carbocycles. The average molecular weight is 662 g/mol. The van der Waals surface area contributed by atoms with E-state index >= 15 is 0 Å². The van der Waals surface area contributed by atoms with E-state index in [1.54, 1.807) is 43.3 Å². The molecule has 49 heavy (non-hydrogen) atoms. The van der Waals surface area contributed by atoms with Crippen molar-refractivity contribution in [1.29, 1.82) is 0 Å². The molecule has 3 aromatic heterocycles. The van der Waals surface area contributed by atoms with E-state index in [0.29, 0.717) is 15.8 Å². The van der Waals surface area contributed by atoms with Crippen molar-refractivity contribution in [2.24, 2.45) is 0 Å². The molecule has 0 spiro atoms. The van der Waals surface area contributed by atoms with Crippen LogP contribution in [0.5, 0.6) is 0 Å². The molecular weight excluding hydrogens is 630 g/mol. The molecule has 1 amide bonds. The van der Waals surface area contributed by atoms with Gasteiger partial charge in [0, 0.05) is 17.8 Å². The van der Waals surface area contributed by atoms with Crippen LogP contribution in [0, 0.1) is 0 Å². The molecule has 1 fully saturated rings. The Labute approximate surface area is 277 Å². The fraction of sp³-hybridized carbons (Fsp3) is 0.206. The molecule has 7 rings (SSSR count). The Hall–Kier alpha value is -6.35. The molecule has 1 saturated heterocycles. The van der Waals surface area contributed by atoms with Crippen LogP contribution in [0.2, 0.25) is 0 Å². The third-order valence-corrected chi connectivity index (χ3v) is 8.32. The number of hydrogen-bond acceptors (Lipinski definition) is 9. The lowest BCUT2D eigenvalue weighted by atomic mass is 9.99. The first kappa shape index (κ1) is 31.3. The van der Waals surface area contributed by atoms with Gasteiger partial charge in [0.1, 0.15) is 5.52 Å². The van der Waals surface area contributed by atoms with Crippen LogP contribution in [0.15, 0.2) is 87.2 Å². The van der Waals surface area contributed by atoms with E-state index in [1.807, 2.05) is 24.3 Å². The zero-order chi connectivity index (χ0) is 34.1. The van der Waals surface area contributed by atoms with E-state index in [-0.39, 0.29) is 34.8 Å². The van der Waals surface area contributed by atoms with Crippen LogP contribution in [0.3, 0.4) is 0 Å². The Morgan fingerprint density at radius 3 is 2.43 bits per heavy atom. The van der Waals surface area contributed by atoms with Gasteiger partial charge in [0.15, 0.2) is 17.0 Å². The molecule has 4 N–H and O–H groups in total. The number of aromatic amines is 3. The molecule has 0 unspecified atom stereocenters. The van der Waals surface area contributed by atoms with Gasteiger partial charge in [-0.3, -0.25) is 14.8 Å². The number of nitrogens with one attached hydrogen (secondary N) is 4. The highest BCUT2D eigenvalue weighted by molar-refractivity contribution is 6.01. The fourth-order valence-corrected chi connectivity index (χ4v) is 6.03. The molecule has 4 heterocycles. The number of fused-ring (bicyclic) bond motifs is 1. The molecule has 6 aromatic rings. The summed E-state index contributed by atoms with van der Waals surface area (Å²) in [5.41, 5.74) is 0.882. The molecule has 0 atom stereocenters. The van der Waals surface area contributed by atoms with Gasteiger partial charge in [0.2, 0.25) is 0 Å². The number of anilines is 1. The first-order valence-electron chi connectivity index (χ1n) is 15.7. The van der Waals surface area contributed by atoms with E-state index in [2.05, 4.69) is 47.6 Å². The number of carbonyl (C=O) groups excluding carboxylic acids is 2. The second kappa shape index (κ2) is 13.0. The van der Waals surface area contributed by atoms with Gasteiger partial charge >= 0.3 is 23.4 Å². The van der Waals surface area contributed by atoms with Crippen LogP contribution in [0.4, 0.5) is 10.5 Å². The SMILES string of the molecule is CCOC(=O)c1nn(-c2cccc(-c3nc(=O)[nH][nH]3)c2)c2c(=O)n(C(=O)Nc3ccc(-c4ccccc4CN4CCCC4)cc3)c(=O)[nH]c12. The van der Waals surface area contributed by atoms with Crippen molar-refractivity contribution in [3.8, 4) is 28.2 Å². The molecule has 15 heteroatoms. The fourth-order valence-electron chi connectivity index (χ4n) is 6.03. The van der Waals surface area contributed by atoms with Gasteiger partial charge in [-0.15, -0.1) is 0 Å². The van der Waals surface area contributed by atoms with Crippen molar-refractivity contribution in [3.05, 3.63) is 115 Å². The zero-order valence-corrected chi connectivity index (χ0v) is 26.4. The van der Waals surface area contributed by atoms with Crippen LogP contribution < -0.4 is 22.3 Å². The minimum Gasteiger partial charge on any atom is -0.461 e. The third-order valence-electron chi connectivity index (χ3n) is 8.32. The summed E-state index contributed by atoms with van der Waals surface area (Å²) in [4.78, 5) is 73.9. The molecule has 248 valence electrons. The van der Waals surface area contributed by atoms with Crippen molar-refractivity contribution in [3.63, 3.8) is 0 Å². The van der Waals surface area contributed by atoms with Gasteiger partial charge in [-0.2, -0.15) is 14.6 Å². The van der Waals surface area contributed by atoms with Crippen LogP contribution in [0.1, 0.15) is 35.8 Å². The van der Waals surface area contributed by atoms with Crippen molar-refractivity contribution in [2.75, 3.05) is 25.0 Å². The summed E-state index contributed by atoms with van der Waals surface area (Å²) in [6.45, 7) is 4.62. The van der Waals surface area contributed by atoms with Crippen molar-refractivity contribution < 1.29 is 14.3 Å². The normalized spacial score (nSPS) is 13.2. The van der Waals surface area contributed by atoms with E-state index in [4.69, 9.17) is 4.74 Å². The topological polar surface area (TPSA) is 193 Å². The maximum atomic E-state index is 13.9. The number of rotatable bonds is 8. The summed E-state index contributed by atoms with van der Waals surface area (Å²) in [5, 5.41) is 11.9. The Bertz CT molecular complexity index is 2380. The predicted octanol–water partition coefficient (Wildman–Crippen LogP) is 3.47. The Balaban J connectivity index is 1.24. The van der Waals surface area contributed by atoms with Crippen molar-refractivity contribution >= 4 is 28.7 Å². The van der Waals surface area contributed by atoms with Gasteiger partial charge in [-0.25, -0.2) is 29.0 Å². The number of likely N-dealkylation sites (tertiary alicyclic amines) is 1. The Morgan fingerprint density at radius 1 is 0.918 bits per heavy atom. The smallest absolute Gasteiger partial charge is 0.361 e. The van der Waals surface area contributed by atoms with Crippen LogP contribution >= 0.6 is 0 Å². The summed E-state index contributed by atoms with van der Waals surface area (Å²) in [5.74, 6) is -0.654. The summed E-state index contributed by atoms with van der Waals surface area (Å²) < 4.78 is 6.66. The highest BCUT2D eigenvalue weighted by Crippen LogP contribution is 2.27. The van der Waals surface area contributed by atoms with Gasteiger partial charge in [0.05, 0.1) is 12.3 Å². The number of esters is 1. The highest BCUT2D eigenvalue weighted by Gasteiger charge is 2.26. The van der Waals surface area contributed by atoms with Crippen LogP contribution in [-0.4, -0.2) is 71.1 Å². The molecule has 0 radical (unpaired) electrons. The number of nitrogens with zero attached hydrogens (tertiary/aromatic N) is 5. The molecule has 1 aliphatic rings. The van der Waals surface area contributed by atoms with Crippen molar-refractivity contribution in [2.45, 2.75) is 26.3 Å². The van der Waals surface area contributed by atoms with E-state index in [1.165, 1.54) is 18.4 Å². The maximum Gasteiger partial charge on any atom is 0.361 e. The number of benzene rings is 3. The van der Waals surface area contributed by atoms with Gasteiger partial charge in [-0.05, 0) is 73.8 Å². The monoisotopic (exact) mass is 661 g/mol. The largest absolute Gasteiger partial charge is 0.461 e. The summed E-state index contributed by atoms with van der Waals surface area (Å²) >= 11 is 0. The summed E-state index contributed by atoms with van der Waals surface area (Å²) in [7, 11) is 0. The second-order valence-electron chi connectivity index (χ2n) is 11.5. The van der Waals surface area contributed by atoms with Crippen LogP contribution in [0.25, 0.3) is 39.2 Å². The number of amides is 1. The molecule has 0 saturated carbocycles. The van der Waals surface area contributed by atoms with Crippen LogP contribution in [-0.2, 0) is 11.3 Å². The number of carbonyl (C=O) groups is 2.